The second-order valence-electron chi connectivity index (χ2n) is 5.04. The van der Waals surface area contributed by atoms with Crippen molar-refractivity contribution in [2.75, 3.05) is 20.7 Å². The van der Waals surface area contributed by atoms with E-state index in [9.17, 15) is 0 Å². The van der Waals surface area contributed by atoms with Crippen molar-refractivity contribution in [3.05, 3.63) is 64.1 Å². The van der Waals surface area contributed by atoms with Crippen LogP contribution >= 0.6 is 39.9 Å². The summed E-state index contributed by atoms with van der Waals surface area (Å²) in [4.78, 5) is 4.25. The molecule has 2 N–H and O–H groups in total. The average molecular weight is 504 g/mol. The van der Waals surface area contributed by atoms with Gasteiger partial charge in [-0.15, -0.1) is 24.0 Å². The van der Waals surface area contributed by atoms with E-state index >= 15 is 0 Å². The van der Waals surface area contributed by atoms with Crippen molar-refractivity contribution < 1.29 is 4.74 Å². The highest BCUT2D eigenvalue weighted by Crippen LogP contribution is 2.17. The van der Waals surface area contributed by atoms with Gasteiger partial charge in [0.05, 0.1) is 7.11 Å². The summed E-state index contributed by atoms with van der Waals surface area (Å²) in [6.07, 6.45) is 0.878. The molecule has 0 aliphatic rings. The number of methoxy groups -OCH3 is 1. The molecule has 0 aliphatic heterocycles. The zero-order valence-electron chi connectivity index (χ0n) is 13.9. The lowest BCUT2D eigenvalue weighted by Crippen LogP contribution is -2.37. The molecule has 2 aromatic carbocycles. The molecule has 0 atom stereocenters. The number of nitrogens with one attached hydrogen (secondary N) is 2. The van der Waals surface area contributed by atoms with Crippen molar-refractivity contribution in [1.82, 2.24) is 10.6 Å². The second kappa shape index (κ2) is 11.3. The maximum absolute atomic E-state index is 5.37. The Labute approximate surface area is 169 Å². The maximum Gasteiger partial charge on any atom is 0.191 e. The molecule has 0 amide bonds. The van der Waals surface area contributed by atoms with Crippen LogP contribution in [0.2, 0.25) is 0 Å². The summed E-state index contributed by atoms with van der Waals surface area (Å²) in [7, 11) is 3.48. The quantitative estimate of drug-likeness (QED) is 0.356. The predicted molar refractivity (Wildman–Crippen MR) is 114 cm³/mol. The fourth-order valence-corrected chi connectivity index (χ4v) is 2.50. The topological polar surface area (TPSA) is 45.7 Å². The minimum absolute atomic E-state index is 0. The Morgan fingerprint density at radius 3 is 2.46 bits per heavy atom. The third-order valence-electron chi connectivity index (χ3n) is 3.48. The van der Waals surface area contributed by atoms with E-state index in [1.807, 2.05) is 30.3 Å². The first-order valence-electron chi connectivity index (χ1n) is 7.54. The largest absolute Gasteiger partial charge is 0.496 e. The Morgan fingerprint density at radius 2 is 1.79 bits per heavy atom. The molecule has 0 aliphatic carbocycles. The summed E-state index contributed by atoms with van der Waals surface area (Å²) >= 11 is 3.44. The van der Waals surface area contributed by atoms with E-state index in [4.69, 9.17) is 4.74 Å². The smallest absolute Gasteiger partial charge is 0.191 e. The lowest BCUT2D eigenvalue weighted by molar-refractivity contribution is 0.409. The molecule has 24 heavy (non-hydrogen) atoms. The minimum Gasteiger partial charge on any atom is -0.496 e. The third kappa shape index (κ3) is 6.68. The summed E-state index contributed by atoms with van der Waals surface area (Å²) in [5, 5.41) is 6.64. The van der Waals surface area contributed by atoms with E-state index in [0.717, 1.165) is 35.7 Å². The van der Waals surface area contributed by atoms with Crippen LogP contribution in [0.25, 0.3) is 0 Å². The van der Waals surface area contributed by atoms with Crippen LogP contribution in [0, 0.1) is 0 Å². The van der Waals surface area contributed by atoms with Crippen molar-refractivity contribution in [2.24, 2.45) is 4.99 Å². The Morgan fingerprint density at radius 1 is 1.08 bits per heavy atom. The molecule has 4 nitrogen and oxygen atoms in total. The summed E-state index contributed by atoms with van der Waals surface area (Å²) in [5.74, 6) is 1.72. The van der Waals surface area contributed by atoms with Crippen molar-refractivity contribution in [3.8, 4) is 5.75 Å². The minimum atomic E-state index is 0. The highest BCUT2D eigenvalue weighted by atomic mass is 127. The molecule has 0 saturated carbocycles. The molecule has 0 unspecified atom stereocenters. The van der Waals surface area contributed by atoms with Gasteiger partial charge in [-0.2, -0.15) is 0 Å². The molecule has 2 aromatic rings. The average Bonchev–Trinajstić information content (AvgIpc) is 2.59. The monoisotopic (exact) mass is 503 g/mol. The van der Waals surface area contributed by atoms with Crippen LogP contribution in [0.1, 0.15) is 11.1 Å². The van der Waals surface area contributed by atoms with Gasteiger partial charge in [0.1, 0.15) is 5.75 Å². The van der Waals surface area contributed by atoms with Crippen molar-refractivity contribution in [3.63, 3.8) is 0 Å². The molecular formula is C18H23BrIN3O. The molecule has 2 rings (SSSR count). The van der Waals surface area contributed by atoms with E-state index in [-0.39, 0.29) is 24.0 Å². The van der Waals surface area contributed by atoms with Gasteiger partial charge in [0.2, 0.25) is 0 Å². The van der Waals surface area contributed by atoms with Crippen LogP contribution in [0.4, 0.5) is 0 Å². The van der Waals surface area contributed by atoms with E-state index in [1.54, 1.807) is 14.2 Å². The number of ether oxygens (including phenoxy) is 1. The SMILES string of the molecule is CN=C(NCCc1ccccc1OC)NCc1ccc(Br)cc1.I. The molecule has 0 aromatic heterocycles. The first-order chi connectivity index (χ1) is 11.2. The molecule has 0 bridgehead atoms. The molecule has 0 saturated heterocycles. The highest BCUT2D eigenvalue weighted by molar-refractivity contribution is 14.0. The maximum atomic E-state index is 5.37. The molecule has 0 spiro atoms. The normalized spacial score (nSPS) is 10.7. The van der Waals surface area contributed by atoms with Gasteiger partial charge in [0.25, 0.3) is 0 Å². The van der Waals surface area contributed by atoms with Gasteiger partial charge in [-0.25, -0.2) is 0 Å². The number of benzene rings is 2. The van der Waals surface area contributed by atoms with Crippen LogP contribution in [0.15, 0.2) is 58.0 Å². The zero-order chi connectivity index (χ0) is 16.5. The number of halogens is 2. The Kier molecular flexibility index (Phi) is 9.78. The summed E-state index contributed by atoms with van der Waals surface area (Å²) in [5.41, 5.74) is 2.40. The number of nitrogens with zero attached hydrogens (tertiary/aromatic N) is 1. The van der Waals surface area contributed by atoms with Gasteiger partial charge in [-0.05, 0) is 35.7 Å². The van der Waals surface area contributed by atoms with Crippen LogP contribution in [-0.2, 0) is 13.0 Å². The fourth-order valence-electron chi connectivity index (χ4n) is 2.23. The molecular weight excluding hydrogens is 481 g/mol. The number of guanidine groups is 1. The van der Waals surface area contributed by atoms with Crippen molar-refractivity contribution >= 4 is 45.9 Å². The van der Waals surface area contributed by atoms with Gasteiger partial charge in [-0.1, -0.05) is 46.3 Å². The highest BCUT2D eigenvalue weighted by Gasteiger charge is 2.02. The predicted octanol–water partition coefficient (Wildman–Crippen LogP) is 3.98. The van der Waals surface area contributed by atoms with Gasteiger partial charge < -0.3 is 15.4 Å². The summed E-state index contributed by atoms with van der Waals surface area (Å²) < 4.78 is 6.45. The fraction of sp³-hybridized carbons (Fsp3) is 0.278. The molecule has 0 radical (unpaired) electrons. The molecule has 0 heterocycles. The second-order valence-corrected chi connectivity index (χ2v) is 5.96. The Balaban J connectivity index is 0.00000288. The molecule has 6 heteroatoms. The van der Waals surface area contributed by atoms with E-state index in [0.29, 0.717) is 0 Å². The molecule has 0 fully saturated rings. The van der Waals surface area contributed by atoms with Crippen LogP contribution in [-0.4, -0.2) is 26.7 Å². The van der Waals surface area contributed by atoms with Crippen molar-refractivity contribution in [2.45, 2.75) is 13.0 Å². The number of rotatable bonds is 6. The number of hydrogen-bond acceptors (Lipinski definition) is 2. The first-order valence-corrected chi connectivity index (χ1v) is 8.33. The van der Waals surface area contributed by atoms with E-state index in [2.05, 4.69) is 49.8 Å². The lowest BCUT2D eigenvalue weighted by atomic mass is 10.1. The number of hydrogen-bond donors (Lipinski definition) is 2. The van der Waals surface area contributed by atoms with Crippen molar-refractivity contribution in [1.29, 1.82) is 0 Å². The zero-order valence-corrected chi connectivity index (χ0v) is 17.8. The van der Waals surface area contributed by atoms with Crippen LogP contribution < -0.4 is 15.4 Å². The molecule has 130 valence electrons. The van der Waals surface area contributed by atoms with E-state index in [1.165, 1.54) is 11.1 Å². The van der Waals surface area contributed by atoms with Gasteiger partial charge >= 0.3 is 0 Å². The van der Waals surface area contributed by atoms with Gasteiger partial charge in [0, 0.05) is 24.6 Å². The van der Waals surface area contributed by atoms with Gasteiger partial charge in [-0.3, -0.25) is 4.99 Å². The summed E-state index contributed by atoms with van der Waals surface area (Å²) in [6, 6.07) is 16.3. The lowest BCUT2D eigenvalue weighted by Gasteiger charge is -2.13. The first kappa shape index (κ1) is 20.8. The van der Waals surface area contributed by atoms with Crippen LogP contribution in [0.3, 0.4) is 0 Å². The van der Waals surface area contributed by atoms with E-state index < -0.39 is 0 Å². The number of para-hydroxylation sites is 1. The number of aliphatic imine (C=N–C) groups is 1. The Bertz CT molecular complexity index is 647. The van der Waals surface area contributed by atoms with Crippen LogP contribution in [0.5, 0.6) is 5.75 Å². The standard InChI is InChI=1S/C18H22BrN3O.HI/c1-20-18(22-13-14-7-9-16(19)10-8-14)21-12-11-15-5-3-4-6-17(15)23-2;/h3-10H,11-13H2,1-2H3,(H2,20,21,22);1H. The Hall–Kier alpha value is -1.28. The van der Waals surface area contributed by atoms with Gasteiger partial charge in [0.15, 0.2) is 5.96 Å². The third-order valence-corrected chi connectivity index (χ3v) is 4.00. The summed E-state index contributed by atoms with van der Waals surface area (Å²) in [6.45, 7) is 1.53.